The third kappa shape index (κ3) is 3.77. The topological polar surface area (TPSA) is 72.2 Å². The fourth-order valence-electron chi connectivity index (χ4n) is 1.43. The Morgan fingerprint density at radius 1 is 1.62 bits per heavy atom. The molecular formula is C10H16N2O3S. The fraction of sp³-hybridized carbons (Fsp3) is 0.600. The van der Waals surface area contributed by atoms with Crippen LogP contribution in [0.4, 0.5) is 0 Å². The molecule has 6 heteroatoms. The van der Waals surface area contributed by atoms with Crippen LogP contribution in [0.1, 0.15) is 24.7 Å². The molecule has 1 heterocycles. The van der Waals surface area contributed by atoms with Crippen molar-refractivity contribution in [2.24, 2.45) is 0 Å². The first kappa shape index (κ1) is 12.9. The summed E-state index contributed by atoms with van der Waals surface area (Å²) in [4.78, 5) is 10.3. The molecule has 90 valence electrons. The van der Waals surface area contributed by atoms with E-state index in [0.29, 0.717) is 5.75 Å². The maximum Gasteiger partial charge on any atom is 0.304 e. The Labute approximate surface area is 96.9 Å². The van der Waals surface area contributed by atoms with E-state index in [-0.39, 0.29) is 12.2 Å². The molecule has 0 aliphatic heterocycles. The predicted molar refractivity (Wildman–Crippen MR) is 61.6 cm³/mol. The number of nitrogens with zero attached hydrogens (tertiary/aromatic N) is 2. The van der Waals surface area contributed by atoms with E-state index in [1.807, 2.05) is 19.9 Å². The van der Waals surface area contributed by atoms with E-state index in [0.717, 1.165) is 17.9 Å². The summed E-state index contributed by atoms with van der Waals surface area (Å²) in [6.45, 7) is 4.59. The van der Waals surface area contributed by atoms with Gasteiger partial charge in [0.05, 0.1) is 23.6 Å². The van der Waals surface area contributed by atoms with Crippen LogP contribution < -0.4 is 0 Å². The molecule has 0 fully saturated rings. The first-order valence-corrected chi connectivity index (χ1v) is 6.61. The maximum absolute atomic E-state index is 11.6. The summed E-state index contributed by atoms with van der Waals surface area (Å²) in [6, 6.07) is 1.89. The second kappa shape index (κ2) is 5.79. The minimum Gasteiger partial charge on any atom is -0.481 e. The minimum atomic E-state index is -1.13. The minimum absolute atomic E-state index is 0.0497. The molecule has 1 rings (SSSR count). The zero-order chi connectivity index (χ0) is 12.1. The number of carbonyl (C=O) groups is 1. The van der Waals surface area contributed by atoms with Crippen molar-refractivity contribution < 1.29 is 14.1 Å². The van der Waals surface area contributed by atoms with Crippen molar-refractivity contribution in [1.82, 2.24) is 9.78 Å². The zero-order valence-corrected chi connectivity index (χ0v) is 10.3. The number of rotatable bonds is 6. The quantitative estimate of drug-likeness (QED) is 0.808. The zero-order valence-electron chi connectivity index (χ0n) is 9.47. The van der Waals surface area contributed by atoms with Gasteiger partial charge in [-0.2, -0.15) is 5.10 Å². The molecule has 0 saturated carbocycles. The van der Waals surface area contributed by atoms with E-state index in [1.54, 1.807) is 4.68 Å². The number of carboxylic acid groups (broad SMARTS) is 1. The lowest BCUT2D eigenvalue weighted by Gasteiger charge is -2.03. The highest BCUT2D eigenvalue weighted by atomic mass is 32.2. The van der Waals surface area contributed by atoms with Crippen LogP contribution in [0.25, 0.3) is 0 Å². The number of hydrogen-bond acceptors (Lipinski definition) is 3. The Balaban J connectivity index is 2.58. The van der Waals surface area contributed by atoms with E-state index in [4.69, 9.17) is 5.11 Å². The van der Waals surface area contributed by atoms with Gasteiger partial charge in [-0.1, -0.05) is 0 Å². The van der Waals surface area contributed by atoms with Gasteiger partial charge < -0.3 is 5.11 Å². The van der Waals surface area contributed by atoms with Gasteiger partial charge in [-0.3, -0.25) is 13.7 Å². The van der Waals surface area contributed by atoms with Crippen molar-refractivity contribution in [3.05, 3.63) is 17.5 Å². The normalized spacial score (nSPS) is 12.6. The van der Waals surface area contributed by atoms with Crippen LogP contribution in [0.5, 0.6) is 0 Å². The molecular weight excluding hydrogens is 228 g/mol. The van der Waals surface area contributed by atoms with Gasteiger partial charge in [0.2, 0.25) is 0 Å². The van der Waals surface area contributed by atoms with Crippen molar-refractivity contribution in [3.8, 4) is 0 Å². The molecule has 16 heavy (non-hydrogen) atoms. The lowest BCUT2D eigenvalue weighted by molar-refractivity contribution is -0.136. The van der Waals surface area contributed by atoms with E-state index in [2.05, 4.69) is 5.10 Å². The van der Waals surface area contributed by atoms with Gasteiger partial charge in [0.1, 0.15) is 0 Å². The van der Waals surface area contributed by atoms with Crippen LogP contribution in [-0.4, -0.2) is 30.8 Å². The number of carboxylic acids is 1. The standard InChI is InChI=1S/C10H16N2O3S/c1-3-12-9(6-8(2)11-12)7-16(15)5-4-10(13)14/h6H,3-5,7H2,1-2H3,(H,13,14). The molecule has 1 atom stereocenters. The number of aliphatic carboxylic acids is 1. The summed E-state index contributed by atoms with van der Waals surface area (Å²) in [5, 5.41) is 12.7. The lowest BCUT2D eigenvalue weighted by Crippen LogP contribution is -2.10. The highest BCUT2D eigenvalue weighted by Crippen LogP contribution is 2.07. The molecule has 1 unspecified atom stereocenters. The van der Waals surface area contributed by atoms with Crippen LogP contribution in [0, 0.1) is 6.92 Å². The molecule has 0 bridgehead atoms. The Bertz CT molecular complexity index is 401. The van der Waals surface area contributed by atoms with Crippen molar-refractivity contribution in [3.63, 3.8) is 0 Å². The van der Waals surface area contributed by atoms with E-state index >= 15 is 0 Å². The van der Waals surface area contributed by atoms with Crippen molar-refractivity contribution in [1.29, 1.82) is 0 Å². The third-order valence-electron chi connectivity index (χ3n) is 2.14. The average Bonchev–Trinajstić information content (AvgIpc) is 2.55. The Kier molecular flexibility index (Phi) is 4.67. The highest BCUT2D eigenvalue weighted by Gasteiger charge is 2.09. The van der Waals surface area contributed by atoms with Gasteiger partial charge in [0.25, 0.3) is 0 Å². The summed E-state index contributed by atoms with van der Waals surface area (Å²) in [5.74, 6) is -0.334. The molecule has 0 spiro atoms. The second-order valence-corrected chi connectivity index (χ2v) is 5.10. The highest BCUT2D eigenvalue weighted by molar-refractivity contribution is 7.84. The molecule has 5 nitrogen and oxygen atoms in total. The Morgan fingerprint density at radius 3 is 2.88 bits per heavy atom. The molecule has 0 aliphatic rings. The van der Waals surface area contributed by atoms with Crippen LogP contribution in [-0.2, 0) is 27.9 Å². The smallest absolute Gasteiger partial charge is 0.304 e. The first-order valence-electron chi connectivity index (χ1n) is 5.13. The Morgan fingerprint density at radius 2 is 2.31 bits per heavy atom. The number of aryl methyl sites for hydroxylation is 2. The lowest BCUT2D eigenvalue weighted by atomic mass is 10.4. The molecule has 0 aliphatic carbocycles. The molecule has 0 aromatic carbocycles. The van der Waals surface area contributed by atoms with Gasteiger partial charge in [0.15, 0.2) is 0 Å². The van der Waals surface area contributed by atoms with Crippen LogP contribution in [0.2, 0.25) is 0 Å². The monoisotopic (exact) mass is 244 g/mol. The molecule has 1 aromatic heterocycles. The third-order valence-corrected chi connectivity index (χ3v) is 3.41. The number of hydrogen-bond donors (Lipinski definition) is 1. The van der Waals surface area contributed by atoms with Gasteiger partial charge in [-0.05, 0) is 19.9 Å². The molecule has 1 N–H and O–H groups in total. The van der Waals surface area contributed by atoms with Gasteiger partial charge in [-0.25, -0.2) is 0 Å². The van der Waals surface area contributed by atoms with Crippen molar-refractivity contribution >= 4 is 16.8 Å². The van der Waals surface area contributed by atoms with Gasteiger partial charge >= 0.3 is 5.97 Å². The van der Waals surface area contributed by atoms with Gasteiger partial charge in [0, 0.05) is 23.1 Å². The van der Waals surface area contributed by atoms with E-state index < -0.39 is 16.8 Å². The number of aromatic nitrogens is 2. The molecule has 1 aromatic rings. The predicted octanol–water partition coefficient (Wildman–Crippen LogP) is 0.935. The summed E-state index contributed by atoms with van der Waals surface area (Å²) < 4.78 is 13.4. The van der Waals surface area contributed by atoms with E-state index in [9.17, 15) is 9.00 Å². The summed E-state index contributed by atoms with van der Waals surface area (Å²) in [5.41, 5.74) is 1.80. The maximum atomic E-state index is 11.6. The summed E-state index contributed by atoms with van der Waals surface area (Å²) in [7, 11) is -1.13. The molecule has 0 radical (unpaired) electrons. The summed E-state index contributed by atoms with van der Waals surface area (Å²) >= 11 is 0. The van der Waals surface area contributed by atoms with Crippen LogP contribution in [0.15, 0.2) is 6.07 Å². The van der Waals surface area contributed by atoms with Gasteiger partial charge in [-0.15, -0.1) is 0 Å². The van der Waals surface area contributed by atoms with E-state index in [1.165, 1.54) is 0 Å². The first-order chi connectivity index (χ1) is 7.52. The second-order valence-electron chi connectivity index (χ2n) is 3.52. The Hall–Kier alpha value is -1.17. The fourth-order valence-corrected chi connectivity index (χ4v) is 2.54. The van der Waals surface area contributed by atoms with Crippen molar-refractivity contribution in [2.45, 2.75) is 32.6 Å². The molecule has 0 amide bonds. The molecule has 0 saturated heterocycles. The largest absolute Gasteiger partial charge is 0.481 e. The average molecular weight is 244 g/mol. The van der Waals surface area contributed by atoms with Crippen LogP contribution in [0.3, 0.4) is 0 Å². The van der Waals surface area contributed by atoms with Crippen molar-refractivity contribution in [2.75, 3.05) is 5.75 Å². The van der Waals surface area contributed by atoms with Crippen LogP contribution >= 0.6 is 0 Å². The SMILES string of the molecule is CCn1nc(C)cc1CS(=O)CCC(=O)O. The summed E-state index contributed by atoms with van der Waals surface area (Å²) in [6.07, 6.45) is -0.0497.